The van der Waals surface area contributed by atoms with E-state index in [-0.39, 0.29) is 0 Å². The molecule has 2 fully saturated rings. The molecule has 6 nitrogen and oxygen atoms in total. The van der Waals surface area contributed by atoms with E-state index in [1.807, 2.05) is 0 Å². The van der Waals surface area contributed by atoms with Crippen molar-refractivity contribution >= 4 is 67.9 Å². The van der Waals surface area contributed by atoms with Crippen molar-refractivity contribution in [2.75, 3.05) is 65.7 Å². The van der Waals surface area contributed by atoms with Gasteiger partial charge in [0.2, 0.25) is 0 Å². The van der Waals surface area contributed by atoms with Gasteiger partial charge in [0, 0.05) is 25.7 Å². The highest BCUT2D eigenvalue weighted by atomic mass is 15.6. The van der Waals surface area contributed by atoms with Gasteiger partial charge in [0.1, 0.15) is 12.3 Å². The van der Waals surface area contributed by atoms with Crippen LogP contribution in [0.1, 0.15) is 25.7 Å². The quantitative estimate of drug-likeness (QED) is 0.146. The Hall–Kier alpha value is -7.57. The lowest BCUT2D eigenvalue weighted by Gasteiger charge is -2.44. The minimum atomic E-state index is -1.22. The number of hydrogen-bond donors (Lipinski definition) is 0. The van der Waals surface area contributed by atoms with Crippen LogP contribution in [0.25, 0.3) is 0 Å². The summed E-state index contributed by atoms with van der Waals surface area (Å²) in [6.45, 7) is 12.1. The lowest BCUT2D eigenvalue weighted by molar-refractivity contribution is -0.741. The Bertz CT molecular complexity index is 2500. The first-order chi connectivity index (χ1) is 35.7. The number of nitrogens with zero attached hydrogens (tertiary/aromatic N) is 6. The second kappa shape index (κ2) is 21.8. The van der Waals surface area contributed by atoms with Crippen LogP contribution < -0.4 is 43.7 Å². The fraction of sp³-hybridized carbons (Fsp3) is 0.219. The predicted molar refractivity (Wildman–Crippen MR) is 305 cm³/mol. The van der Waals surface area contributed by atoms with Gasteiger partial charge in [0.15, 0.2) is 13.3 Å². The molecule has 0 saturated carbocycles. The van der Waals surface area contributed by atoms with Crippen molar-refractivity contribution in [3.63, 3.8) is 0 Å². The average molecular weight is 943 g/mol. The summed E-state index contributed by atoms with van der Waals surface area (Å²) >= 11 is 0. The monoisotopic (exact) mass is 943 g/mol. The summed E-state index contributed by atoms with van der Waals surface area (Å²) in [5.41, 5.74) is 10.7. The van der Waals surface area contributed by atoms with E-state index in [1.54, 1.807) is 0 Å². The topological polar surface area (TPSA) is 19.0 Å². The summed E-state index contributed by atoms with van der Waals surface area (Å²) in [6.07, 6.45) is 2.82. The Labute approximate surface area is 428 Å². The van der Waals surface area contributed by atoms with Crippen LogP contribution in [-0.2, 0) is 0 Å². The molecule has 5 aliphatic rings. The molecule has 8 heteroatoms. The smallest absolute Gasteiger partial charge is 0.264 e. The molecule has 72 heavy (non-hydrogen) atoms. The Kier molecular flexibility index (Phi) is 14.2. The zero-order valence-corrected chi connectivity index (χ0v) is 41.8. The summed E-state index contributed by atoms with van der Waals surface area (Å²) in [5, 5.41) is 0. The van der Waals surface area contributed by atoms with E-state index < -0.39 is 12.3 Å². The fourth-order valence-corrected chi connectivity index (χ4v) is 13.2. The van der Waals surface area contributed by atoms with Gasteiger partial charge in [-0.1, -0.05) is 243 Å². The van der Waals surface area contributed by atoms with Gasteiger partial charge in [0.25, 0.3) is 0 Å². The highest BCUT2D eigenvalue weighted by Crippen LogP contribution is 2.21. The van der Waals surface area contributed by atoms with Crippen LogP contribution in [0.3, 0.4) is 0 Å². The van der Waals surface area contributed by atoms with Crippen molar-refractivity contribution in [1.29, 1.82) is 0 Å². The van der Waals surface area contributed by atoms with Crippen molar-refractivity contribution in [2.24, 2.45) is 0 Å². The van der Waals surface area contributed by atoms with Gasteiger partial charge in [0.05, 0.1) is 52.4 Å². The molecule has 5 aliphatic heterocycles. The maximum atomic E-state index is 2.66. The molecule has 0 N–H and O–H groups in total. The number of hydrogen-bond acceptors (Lipinski definition) is 4. The molecular weight excluding hydrogens is 874 g/mol. The van der Waals surface area contributed by atoms with Crippen LogP contribution in [0.2, 0.25) is 0 Å². The molecule has 0 atom stereocenters. The Balaban J connectivity index is 0.000000117. The van der Waals surface area contributed by atoms with Crippen molar-refractivity contribution in [3.05, 3.63) is 243 Å². The molecule has 5 heterocycles. The minimum Gasteiger partial charge on any atom is -0.264 e. The average Bonchev–Trinajstić information content (AvgIpc) is 3.46. The molecule has 0 spiro atoms. The van der Waals surface area contributed by atoms with Gasteiger partial charge in [-0.15, -0.1) is 0 Å². The molecule has 2 saturated heterocycles. The standard InChI is InChI=1S/2C24H20B.C16H28N6/c2*1-5-13-21(14-6-1)25(22-15-7-2-8-16-22,23-17-9-3-10-18-23)24-19-11-4-12-20-24;1-5-17-6-2-10-21-14-22-12-4-8-18-7-3-11-20(16(18)22)13-19(9-1)15(17)21/h2*1-20H;1-14H2/q2*-1;+2. The van der Waals surface area contributed by atoms with Crippen molar-refractivity contribution in [2.45, 2.75) is 25.7 Å². The fourth-order valence-electron chi connectivity index (χ4n) is 13.2. The number of rotatable bonds is 8. The van der Waals surface area contributed by atoms with Crippen LogP contribution >= 0.6 is 0 Å². The molecule has 0 aliphatic carbocycles. The highest BCUT2D eigenvalue weighted by molar-refractivity contribution is 7.20. The van der Waals surface area contributed by atoms with Crippen molar-refractivity contribution in [3.8, 4) is 0 Å². The molecule has 0 unspecified atom stereocenters. The number of guanidine groups is 2. The van der Waals surface area contributed by atoms with Crippen LogP contribution in [0.15, 0.2) is 243 Å². The third kappa shape index (κ3) is 9.15. The Morgan fingerprint density at radius 3 is 0.694 bits per heavy atom. The van der Waals surface area contributed by atoms with E-state index in [1.165, 1.54) is 134 Å². The second-order valence-electron chi connectivity index (χ2n) is 20.3. The van der Waals surface area contributed by atoms with Gasteiger partial charge in [-0.3, -0.25) is 9.80 Å². The van der Waals surface area contributed by atoms with Crippen LogP contribution in [-0.4, -0.2) is 119 Å². The summed E-state index contributed by atoms with van der Waals surface area (Å²) < 4.78 is 5.32. The van der Waals surface area contributed by atoms with Gasteiger partial charge in [-0.2, -0.15) is 43.7 Å². The predicted octanol–water partition coefficient (Wildman–Crippen LogP) is 5.60. The highest BCUT2D eigenvalue weighted by Gasteiger charge is 2.45. The minimum absolute atomic E-state index is 1.09. The van der Waals surface area contributed by atoms with Gasteiger partial charge >= 0.3 is 11.9 Å². The van der Waals surface area contributed by atoms with Gasteiger partial charge in [-0.25, -0.2) is 19.0 Å². The van der Waals surface area contributed by atoms with E-state index in [9.17, 15) is 0 Å². The third-order valence-corrected chi connectivity index (χ3v) is 16.2. The first-order valence-electron chi connectivity index (χ1n) is 26.7. The summed E-state index contributed by atoms with van der Waals surface area (Å²) in [6, 6.07) is 87.1. The first-order valence-corrected chi connectivity index (χ1v) is 26.7. The summed E-state index contributed by atoms with van der Waals surface area (Å²) in [5.74, 6) is 3.05. The lowest BCUT2D eigenvalue weighted by Crippen LogP contribution is -2.74. The summed E-state index contributed by atoms with van der Waals surface area (Å²) in [4.78, 5) is 10.6. The molecule has 0 radical (unpaired) electrons. The van der Waals surface area contributed by atoms with Crippen LogP contribution in [0.4, 0.5) is 0 Å². The van der Waals surface area contributed by atoms with E-state index in [2.05, 4.69) is 271 Å². The van der Waals surface area contributed by atoms with E-state index in [4.69, 9.17) is 0 Å². The Morgan fingerprint density at radius 2 is 0.458 bits per heavy atom. The summed E-state index contributed by atoms with van der Waals surface area (Å²) in [7, 11) is 0. The van der Waals surface area contributed by atoms with E-state index in [0.717, 1.165) is 13.3 Å². The maximum absolute atomic E-state index is 2.66. The normalized spacial score (nSPS) is 16.4. The van der Waals surface area contributed by atoms with E-state index in [0.29, 0.717) is 0 Å². The lowest BCUT2D eigenvalue weighted by atomic mass is 9.13. The molecule has 0 bridgehead atoms. The third-order valence-electron chi connectivity index (χ3n) is 16.2. The Morgan fingerprint density at radius 1 is 0.250 bits per heavy atom. The second-order valence-corrected chi connectivity index (χ2v) is 20.3. The number of benzene rings is 8. The SMILES string of the molecule is C1CN2CCC[N+]3=C2N(C1)CN1CCCN2CCC[N+](=C21)C3.c1ccc([B-](c2ccccc2)(c2ccccc2)c2ccccc2)cc1.c1ccc([B-](c2ccccc2)(c2ccccc2)c2ccccc2)cc1. The van der Waals surface area contributed by atoms with Crippen LogP contribution in [0.5, 0.6) is 0 Å². The maximum Gasteiger partial charge on any atom is 0.355 e. The molecule has 0 amide bonds. The van der Waals surface area contributed by atoms with Crippen LogP contribution in [0, 0.1) is 0 Å². The molecule has 8 aromatic carbocycles. The van der Waals surface area contributed by atoms with E-state index >= 15 is 0 Å². The zero-order valence-electron chi connectivity index (χ0n) is 41.8. The molecule has 360 valence electrons. The van der Waals surface area contributed by atoms with Gasteiger partial charge < -0.3 is 0 Å². The zero-order chi connectivity index (χ0) is 48.4. The largest absolute Gasteiger partial charge is 0.355 e. The molecule has 8 aromatic rings. The molecule has 0 aromatic heterocycles. The van der Waals surface area contributed by atoms with Crippen molar-refractivity contribution in [1.82, 2.24) is 19.6 Å². The van der Waals surface area contributed by atoms with Gasteiger partial charge in [-0.05, 0) is 0 Å². The van der Waals surface area contributed by atoms with Crippen molar-refractivity contribution < 1.29 is 9.15 Å². The molecular formula is C64H68B2N6. The first kappa shape index (κ1) is 46.8. The molecule has 13 rings (SSSR count).